The molecule has 3 N–H and O–H groups in total. The van der Waals surface area contributed by atoms with Gasteiger partial charge in [-0.2, -0.15) is 0 Å². The third-order valence-electron chi connectivity index (χ3n) is 3.07. The van der Waals surface area contributed by atoms with E-state index in [1.165, 1.54) is 6.42 Å². The van der Waals surface area contributed by atoms with E-state index < -0.39 is 0 Å². The number of aromatic hydroxyl groups is 1. The van der Waals surface area contributed by atoms with Gasteiger partial charge in [0.1, 0.15) is 5.75 Å². The van der Waals surface area contributed by atoms with Crippen molar-refractivity contribution in [1.29, 1.82) is 0 Å². The van der Waals surface area contributed by atoms with E-state index in [1.54, 1.807) is 6.07 Å². The van der Waals surface area contributed by atoms with Crippen molar-refractivity contribution in [2.75, 3.05) is 0 Å². The van der Waals surface area contributed by atoms with Crippen LogP contribution >= 0.6 is 39.9 Å². The van der Waals surface area contributed by atoms with Crippen LogP contribution in [0.4, 0.5) is 0 Å². The summed E-state index contributed by atoms with van der Waals surface area (Å²) in [4.78, 5) is 0. The quantitative estimate of drug-likeness (QED) is 0.861. The Bertz CT molecular complexity index is 382. The van der Waals surface area contributed by atoms with Crippen LogP contribution in [-0.2, 0) is 0 Å². The van der Waals surface area contributed by atoms with Crippen molar-refractivity contribution in [2.24, 2.45) is 11.7 Å². The molecule has 1 aliphatic rings. The van der Waals surface area contributed by atoms with Gasteiger partial charge in [-0.1, -0.05) is 34.0 Å². The van der Waals surface area contributed by atoms with Gasteiger partial charge in [0.15, 0.2) is 0 Å². The number of hydrogen-bond acceptors (Lipinski definition) is 2. The molecule has 1 aromatic rings. The molecule has 0 aliphatic heterocycles. The van der Waals surface area contributed by atoms with E-state index in [0.29, 0.717) is 10.9 Å². The monoisotopic (exact) mass is 325 g/mol. The summed E-state index contributed by atoms with van der Waals surface area (Å²) in [6.07, 6.45) is 3.52. The molecule has 0 unspecified atom stereocenters. The number of phenolic OH excluding ortho intramolecular Hbond substituents is 1. The third kappa shape index (κ3) is 2.65. The molecule has 1 aromatic carbocycles. The van der Waals surface area contributed by atoms with Gasteiger partial charge in [0.25, 0.3) is 0 Å². The van der Waals surface area contributed by atoms with Crippen LogP contribution in [0, 0.1) is 5.92 Å². The molecule has 0 bridgehead atoms. The van der Waals surface area contributed by atoms with E-state index in [-0.39, 0.29) is 24.2 Å². The summed E-state index contributed by atoms with van der Waals surface area (Å²) in [5.41, 5.74) is 6.85. The van der Waals surface area contributed by atoms with Crippen molar-refractivity contribution in [1.82, 2.24) is 0 Å². The van der Waals surface area contributed by atoms with Gasteiger partial charge in [-0.25, -0.2) is 0 Å². The lowest BCUT2D eigenvalue weighted by Gasteiger charge is -2.32. The molecule has 0 saturated heterocycles. The van der Waals surface area contributed by atoms with Crippen molar-refractivity contribution in [3.8, 4) is 5.75 Å². The highest BCUT2D eigenvalue weighted by Gasteiger charge is 2.28. The van der Waals surface area contributed by atoms with Gasteiger partial charge in [0, 0.05) is 16.1 Å². The number of phenols is 1. The zero-order chi connectivity index (χ0) is 11.0. The van der Waals surface area contributed by atoms with Gasteiger partial charge < -0.3 is 10.8 Å². The Balaban J connectivity index is 0.00000128. The van der Waals surface area contributed by atoms with Crippen LogP contribution in [0.25, 0.3) is 0 Å². The van der Waals surface area contributed by atoms with E-state index in [9.17, 15) is 5.11 Å². The standard InChI is InChI=1S/C11H13BrClNO.ClH/c12-7-4-8(11(15)9(13)5-7)10(14)6-2-1-3-6;/h4-6,10,15H,1-3,14H2;1H/t10-;/m1./s1. The zero-order valence-electron chi connectivity index (χ0n) is 8.62. The van der Waals surface area contributed by atoms with Crippen LogP contribution in [0.3, 0.4) is 0 Å². The number of nitrogens with two attached hydrogens (primary N) is 1. The van der Waals surface area contributed by atoms with E-state index in [2.05, 4.69) is 15.9 Å². The third-order valence-corrected chi connectivity index (χ3v) is 3.82. The summed E-state index contributed by atoms with van der Waals surface area (Å²) in [6.45, 7) is 0. The number of hydrogen-bond donors (Lipinski definition) is 2. The second kappa shape index (κ2) is 5.58. The van der Waals surface area contributed by atoms with Crippen LogP contribution in [0.15, 0.2) is 16.6 Å². The lowest BCUT2D eigenvalue weighted by molar-refractivity contribution is 0.260. The number of benzene rings is 1. The first-order valence-corrected chi connectivity index (χ1v) is 6.20. The van der Waals surface area contributed by atoms with Gasteiger partial charge in [0.05, 0.1) is 5.02 Å². The highest BCUT2D eigenvalue weighted by molar-refractivity contribution is 9.10. The fraction of sp³-hybridized carbons (Fsp3) is 0.455. The second-order valence-electron chi connectivity index (χ2n) is 4.04. The summed E-state index contributed by atoms with van der Waals surface area (Å²) < 4.78 is 0.857. The first-order valence-electron chi connectivity index (χ1n) is 5.03. The summed E-state index contributed by atoms with van der Waals surface area (Å²) in [5.74, 6) is 0.612. The normalized spacial score (nSPS) is 17.4. The minimum atomic E-state index is -0.103. The Hall–Kier alpha value is 0.0400. The Labute approximate surface area is 115 Å². The van der Waals surface area contributed by atoms with Crippen molar-refractivity contribution in [2.45, 2.75) is 25.3 Å². The van der Waals surface area contributed by atoms with Gasteiger partial charge >= 0.3 is 0 Å². The van der Waals surface area contributed by atoms with Gasteiger partial charge in [0.2, 0.25) is 0 Å². The average Bonchev–Trinajstić information content (AvgIpc) is 2.08. The lowest BCUT2D eigenvalue weighted by atomic mass is 9.77. The first kappa shape index (κ1) is 14.1. The van der Waals surface area contributed by atoms with Crippen LogP contribution in [-0.4, -0.2) is 5.11 Å². The molecule has 0 radical (unpaired) electrons. The molecule has 16 heavy (non-hydrogen) atoms. The van der Waals surface area contributed by atoms with Gasteiger partial charge in [-0.15, -0.1) is 12.4 Å². The molecular weight excluding hydrogens is 313 g/mol. The predicted octanol–water partition coefficient (Wildman–Crippen LogP) is 4.03. The van der Waals surface area contributed by atoms with E-state index in [4.69, 9.17) is 17.3 Å². The van der Waals surface area contributed by atoms with E-state index in [0.717, 1.165) is 22.9 Å². The molecule has 0 aromatic heterocycles. The lowest BCUT2D eigenvalue weighted by Crippen LogP contribution is -2.26. The van der Waals surface area contributed by atoms with E-state index >= 15 is 0 Å². The molecule has 5 heteroatoms. The van der Waals surface area contributed by atoms with E-state index in [1.807, 2.05) is 6.07 Å². The average molecular weight is 327 g/mol. The minimum Gasteiger partial charge on any atom is -0.506 e. The maximum absolute atomic E-state index is 9.83. The highest BCUT2D eigenvalue weighted by Crippen LogP contribution is 2.42. The highest BCUT2D eigenvalue weighted by atomic mass is 79.9. The molecule has 1 fully saturated rings. The summed E-state index contributed by atoms with van der Waals surface area (Å²) >= 11 is 9.25. The fourth-order valence-electron chi connectivity index (χ4n) is 1.89. The van der Waals surface area contributed by atoms with Crippen molar-refractivity contribution in [3.05, 3.63) is 27.2 Å². The van der Waals surface area contributed by atoms with Crippen LogP contribution in [0.5, 0.6) is 5.75 Å². The predicted molar refractivity (Wildman–Crippen MR) is 72.3 cm³/mol. The van der Waals surface area contributed by atoms with Crippen molar-refractivity contribution >= 4 is 39.9 Å². The van der Waals surface area contributed by atoms with Crippen LogP contribution in [0.1, 0.15) is 30.9 Å². The van der Waals surface area contributed by atoms with Crippen LogP contribution < -0.4 is 5.73 Å². The molecular formula is C11H14BrCl2NO. The fourth-order valence-corrected chi connectivity index (χ4v) is 2.73. The molecule has 2 nitrogen and oxygen atoms in total. The largest absolute Gasteiger partial charge is 0.506 e. The molecule has 0 heterocycles. The zero-order valence-corrected chi connectivity index (χ0v) is 11.8. The SMILES string of the molecule is Cl.N[C@@H](c1cc(Br)cc(Cl)c1O)C1CCC1. The molecule has 0 amide bonds. The summed E-state index contributed by atoms with van der Waals surface area (Å²) in [6, 6.07) is 3.42. The van der Waals surface area contributed by atoms with Crippen LogP contribution in [0.2, 0.25) is 5.02 Å². The maximum Gasteiger partial charge on any atom is 0.139 e. The molecule has 2 rings (SSSR count). The smallest absolute Gasteiger partial charge is 0.139 e. The molecule has 90 valence electrons. The molecule has 1 atom stereocenters. The van der Waals surface area contributed by atoms with Crippen molar-refractivity contribution < 1.29 is 5.11 Å². The number of halogens is 3. The Morgan fingerprint density at radius 1 is 1.44 bits per heavy atom. The molecule has 0 spiro atoms. The Kier molecular flexibility index (Phi) is 4.92. The molecule has 1 aliphatic carbocycles. The first-order chi connectivity index (χ1) is 7.09. The second-order valence-corrected chi connectivity index (χ2v) is 5.37. The summed E-state index contributed by atoms with van der Waals surface area (Å²) in [5, 5.41) is 10.2. The van der Waals surface area contributed by atoms with Crippen molar-refractivity contribution in [3.63, 3.8) is 0 Å². The molecule has 1 saturated carbocycles. The van der Waals surface area contributed by atoms with Gasteiger partial charge in [-0.3, -0.25) is 0 Å². The number of rotatable bonds is 2. The minimum absolute atomic E-state index is 0. The Morgan fingerprint density at radius 2 is 2.06 bits per heavy atom. The maximum atomic E-state index is 9.83. The van der Waals surface area contributed by atoms with Gasteiger partial charge in [-0.05, 0) is 30.9 Å². The Morgan fingerprint density at radius 3 is 2.56 bits per heavy atom. The topological polar surface area (TPSA) is 46.2 Å². The summed E-state index contributed by atoms with van der Waals surface area (Å²) in [7, 11) is 0.